The largest absolute Gasteiger partial charge is 0.319 e. The van der Waals surface area contributed by atoms with E-state index in [0.29, 0.717) is 0 Å². The molecule has 0 amide bonds. The summed E-state index contributed by atoms with van der Waals surface area (Å²) in [4.78, 5) is 0. The lowest BCUT2D eigenvalue weighted by Crippen LogP contribution is -2.12. The molecule has 0 aliphatic rings. The van der Waals surface area contributed by atoms with Crippen molar-refractivity contribution in [3.05, 3.63) is 34.9 Å². The average molecular weight is 206 g/mol. The first-order valence-electron chi connectivity index (χ1n) is 5.65. The highest BCUT2D eigenvalue weighted by Crippen LogP contribution is 2.10. The van der Waals surface area contributed by atoms with E-state index in [9.17, 15) is 0 Å². The lowest BCUT2D eigenvalue weighted by atomic mass is 10.0. The van der Waals surface area contributed by atoms with E-state index in [-0.39, 0.29) is 0 Å². The second-order valence-electron chi connectivity index (χ2n) is 4.03. The smallest absolute Gasteiger partial charge is 0.00114 e. The summed E-state index contributed by atoms with van der Waals surface area (Å²) in [5.41, 5.74) is 4.25. The fourth-order valence-corrected chi connectivity index (χ4v) is 1.78. The van der Waals surface area contributed by atoms with E-state index < -0.39 is 0 Å². The van der Waals surface area contributed by atoms with Crippen LogP contribution in [0, 0.1) is 6.92 Å². The van der Waals surface area contributed by atoms with Crippen molar-refractivity contribution in [2.45, 2.75) is 19.8 Å². The van der Waals surface area contributed by atoms with Gasteiger partial charge in [-0.2, -0.15) is 0 Å². The molecule has 0 aliphatic heterocycles. The number of likely N-dealkylation sites (N-methyl/N-ethyl adjacent to an activating group) is 2. The normalized spacial score (nSPS) is 10.6. The molecule has 0 atom stereocenters. The van der Waals surface area contributed by atoms with Crippen molar-refractivity contribution in [3.8, 4) is 0 Å². The molecule has 0 saturated heterocycles. The van der Waals surface area contributed by atoms with Gasteiger partial charge in [0, 0.05) is 0 Å². The number of rotatable bonds is 6. The van der Waals surface area contributed by atoms with Gasteiger partial charge in [-0.05, 0) is 58.1 Å². The molecule has 0 heterocycles. The Hall–Kier alpha value is -0.860. The van der Waals surface area contributed by atoms with E-state index in [1.807, 2.05) is 14.1 Å². The molecule has 2 heteroatoms. The van der Waals surface area contributed by atoms with Crippen LogP contribution in [0.2, 0.25) is 0 Å². The minimum Gasteiger partial charge on any atom is -0.319 e. The van der Waals surface area contributed by atoms with Crippen LogP contribution in [-0.4, -0.2) is 27.2 Å². The van der Waals surface area contributed by atoms with Crippen LogP contribution in [0.25, 0.3) is 0 Å². The first-order valence-corrected chi connectivity index (χ1v) is 5.65. The second-order valence-corrected chi connectivity index (χ2v) is 4.03. The lowest BCUT2D eigenvalue weighted by molar-refractivity contribution is 0.779. The van der Waals surface area contributed by atoms with Gasteiger partial charge in [0.05, 0.1) is 0 Å². The minimum atomic E-state index is 1.05. The van der Waals surface area contributed by atoms with Crippen molar-refractivity contribution in [1.82, 2.24) is 10.6 Å². The van der Waals surface area contributed by atoms with Crippen molar-refractivity contribution in [3.63, 3.8) is 0 Å². The summed E-state index contributed by atoms with van der Waals surface area (Å²) < 4.78 is 0. The number of hydrogen-bond acceptors (Lipinski definition) is 2. The maximum atomic E-state index is 3.19. The summed E-state index contributed by atoms with van der Waals surface area (Å²) in [6, 6.07) is 6.88. The van der Waals surface area contributed by atoms with E-state index in [0.717, 1.165) is 25.9 Å². The van der Waals surface area contributed by atoms with Crippen LogP contribution in [0.3, 0.4) is 0 Å². The van der Waals surface area contributed by atoms with Gasteiger partial charge in [-0.3, -0.25) is 0 Å². The molecule has 15 heavy (non-hydrogen) atoms. The van der Waals surface area contributed by atoms with Gasteiger partial charge in [0.1, 0.15) is 0 Å². The van der Waals surface area contributed by atoms with Crippen LogP contribution < -0.4 is 10.6 Å². The van der Waals surface area contributed by atoms with E-state index in [1.54, 1.807) is 0 Å². The zero-order valence-corrected chi connectivity index (χ0v) is 10.1. The van der Waals surface area contributed by atoms with Gasteiger partial charge in [-0.15, -0.1) is 0 Å². The molecule has 84 valence electrons. The highest BCUT2D eigenvalue weighted by atomic mass is 14.8. The van der Waals surface area contributed by atoms with Gasteiger partial charge in [0.15, 0.2) is 0 Å². The van der Waals surface area contributed by atoms with Crippen molar-refractivity contribution in [2.24, 2.45) is 0 Å². The van der Waals surface area contributed by atoms with Crippen molar-refractivity contribution >= 4 is 0 Å². The van der Waals surface area contributed by atoms with Crippen molar-refractivity contribution < 1.29 is 0 Å². The van der Waals surface area contributed by atoms with E-state index in [2.05, 4.69) is 35.8 Å². The summed E-state index contributed by atoms with van der Waals surface area (Å²) in [6.45, 7) is 4.27. The molecule has 0 spiro atoms. The first kappa shape index (κ1) is 12.2. The molecule has 1 aromatic carbocycles. The molecule has 0 aliphatic carbocycles. The molecule has 0 bridgehead atoms. The van der Waals surface area contributed by atoms with E-state index in [1.165, 1.54) is 16.7 Å². The highest BCUT2D eigenvalue weighted by Gasteiger charge is 1.98. The summed E-state index contributed by atoms with van der Waals surface area (Å²) in [5.74, 6) is 0. The predicted molar refractivity (Wildman–Crippen MR) is 66.4 cm³/mol. The molecule has 0 fully saturated rings. The number of hydrogen-bond donors (Lipinski definition) is 2. The van der Waals surface area contributed by atoms with E-state index >= 15 is 0 Å². The zero-order valence-electron chi connectivity index (χ0n) is 10.1. The van der Waals surface area contributed by atoms with Crippen LogP contribution in [0.5, 0.6) is 0 Å². The van der Waals surface area contributed by atoms with Gasteiger partial charge in [-0.25, -0.2) is 0 Å². The second kappa shape index (κ2) is 6.59. The van der Waals surface area contributed by atoms with Crippen LogP contribution in [0.15, 0.2) is 18.2 Å². The topological polar surface area (TPSA) is 24.1 Å². The zero-order chi connectivity index (χ0) is 11.1. The number of aryl methyl sites for hydroxylation is 1. The quantitative estimate of drug-likeness (QED) is 0.737. The third-order valence-corrected chi connectivity index (χ3v) is 2.52. The molecule has 2 N–H and O–H groups in total. The molecule has 0 unspecified atom stereocenters. The Bertz CT molecular complexity index is 268. The third-order valence-electron chi connectivity index (χ3n) is 2.52. The van der Waals surface area contributed by atoms with E-state index in [4.69, 9.17) is 0 Å². The van der Waals surface area contributed by atoms with Gasteiger partial charge in [0.2, 0.25) is 0 Å². The molecule has 0 aromatic heterocycles. The molecule has 2 nitrogen and oxygen atoms in total. The van der Waals surface area contributed by atoms with Gasteiger partial charge in [0.25, 0.3) is 0 Å². The molecule has 0 saturated carbocycles. The minimum absolute atomic E-state index is 1.05. The first-order chi connectivity index (χ1) is 7.26. The summed E-state index contributed by atoms with van der Waals surface area (Å²) in [6.07, 6.45) is 2.23. The average Bonchev–Trinajstić information content (AvgIpc) is 2.23. The Morgan fingerprint density at radius 3 is 1.73 bits per heavy atom. The SMILES string of the molecule is CNCCc1cc(C)cc(CCNC)c1. The third kappa shape index (κ3) is 4.45. The number of benzene rings is 1. The maximum Gasteiger partial charge on any atom is -0.00114 e. The fraction of sp³-hybridized carbons (Fsp3) is 0.538. The number of nitrogens with one attached hydrogen (secondary N) is 2. The lowest BCUT2D eigenvalue weighted by Gasteiger charge is -2.07. The monoisotopic (exact) mass is 206 g/mol. The maximum absolute atomic E-state index is 3.19. The highest BCUT2D eigenvalue weighted by molar-refractivity contribution is 5.29. The predicted octanol–water partition coefficient (Wildman–Crippen LogP) is 1.52. The molecular formula is C13H22N2. The Balaban J connectivity index is 2.66. The standard InChI is InChI=1S/C13H22N2/c1-11-8-12(4-6-14-2)10-13(9-11)5-7-15-3/h8-10,14-15H,4-7H2,1-3H3. The summed E-state index contributed by atoms with van der Waals surface area (Å²) >= 11 is 0. The van der Waals surface area contributed by atoms with Crippen LogP contribution >= 0.6 is 0 Å². The molecular weight excluding hydrogens is 184 g/mol. The molecule has 1 aromatic rings. The van der Waals surface area contributed by atoms with Crippen molar-refractivity contribution in [2.75, 3.05) is 27.2 Å². The van der Waals surface area contributed by atoms with Crippen molar-refractivity contribution in [1.29, 1.82) is 0 Å². The fourth-order valence-electron chi connectivity index (χ4n) is 1.78. The molecule has 1 rings (SSSR count). The van der Waals surface area contributed by atoms with Crippen LogP contribution in [-0.2, 0) is 12.8 Å². The Morgan fingerprint density at radius 1 is 0.867 bits per heavy atom. The Labute approximate surface area is 93.1 Å². The van der Waals surface area contributed by atoms with Gasteiger partial charge >= 0.3 is 0 Å². The van der Waals surface area contributed by atoms with Crippen LogP contribution in [0.4, 0.5) is 0 Å². The van der Waals surface area contributed by atoms with Gasteiger partial charge < -0.3 is 10.6 Å². The molecule has 0 radical (unpaired) electrons. The summed E-state index contributed by atoms with van der Waals surface area (Å²) in [7, 11) is 4.00. The van der Waals surface area contributed by atoms with Gasteiger partial charge in [-0.1, -0.05) is 23.8 Å². The Kier molecular flexibility index (Phi) is 5.37. The van der Waals surface area contributed by atoms with Crippen LogP contribution in [0.1, 0.15) is 16.7 Å². The summed E-state index contributed by atoms with van der Waals surface area (Å²) in [5, 5.41) is 6.37. The Morgan fingerprint density at radius 2 is 1.33 bits per heavy atom.